The predicted molar refractivity (Wildman–Crippen MR) is 101 cm³/mol. The predicted octanol–water partition coefficient (Wildman–Crippen LogP) is 3.16. The lowest BCUT2D eigenvalue weighted by molar-refractivity contribution is -0.136. The first-order valence-corrected chi connectivity index (χ1v) is 9.43. The van der Waals surface area contributed by atoms with E-state index in [1.54, 1.807) is 7.05 Å². The highest BCUT2D eigenvalue weighted by atomic mass is 16.5. The first-order chi connectivity index (χ1) is 12.4. The monoisotopic (exact) mass is 356 g/mol. The number of hydrogen-bond donors (Lipinski definition) is 0. The Hall–Kier alpha value is -2.30. The summed E-state index contributed by atoms with van der Waals surface area (Å²) in [5, 5.41) is 0. The van der Waals surface area contributed by atoms with Crippen molar-refractivity contribution in [3.05, 3.63) is 35.5 Å². The van der Waals surface area contributed by atoms with Crippen molar-refractivity contribution >= 4 is 17.4 Å². The van der Waals surface area contributed by atoms with Gasteiger partial charge in [-0.3, -0.25) is 14.5 Å². The van der Waals surface area contributed by atoms with Gasteiger partial charge in [0.05, 0.1) is 12.2 Å². The van der Waals surface area contributed by atoms with Crippen LogP contribution in [-0.2, 0) is 9.59 Å². The molecule has 2 aliphatic heterocycles. The second kappa shape index (κ2) is 7.52. The van der Waals surface area contributed by atoms with Gasteiger partial charge >= 0.3 is 0 Å². The Morgan fingerprint density at radius 3 is 2.27 bits per heavy atom. The number of imide groups is 1. The van der Waals surface area contributed by atoms with E-state index in [9.17, 15) is 9.59 Å². The van der Waals surface area contributed by atoms with Crippen molar-refractivity contribution in [3.63, 3.8) is 0 Å². The van der Waals surface area contributed by atoms with E-state index >= 15 is 0 Å². The van der Waals surface area contributed by atoms with E-state index in [1.807, 2.05) is 24.3 Å². The average molecular weight is 356 g/mol. The molecule has 0 bridgehead atoms. The Labute approximate surface area is 155 Å². The maximum atomic E-state index is 12.7. The number of benzene rings is 1. The lowest BCUT2D eigenvalue weighted by Gasteiger charge is -2.32. The number of ether oxygens (including phenoxy) is 1. The van der Waals surface area contributed by atoms with Gasteiger partial charge in [0.1, 0.15) is 11.4 Å². The summed E-state index contributed by atoms with van der Waals surface area (Å²) in [4.78, 5) is 28.7. The summed E-state index contributed by atoms with van der Waals surface area (Å²) in [6.07, 6.45) is 2.09. The van der Waals surface area contributed by atoms with Crippen LogP contribution in [0.4, 0.5) is 0 Å². The number of carbonyl (C=O) groups excluding carboxylic acids is 2. The molecule has 1 saturated heterocycles. The Morgan fingerprint density at radius 2 is 1.69 bits per heavy atom. The normalized spacial score (nSPS) is 19.1. The van der Waals surface area contributed by atoms with E-state index in [2.05, 4.69) is 25.7 Å². The Bertz CT molecular complexity index is 713. The fraction of sp³-hybridized carbons (Fsp3) is 0.524. The molecule has 0 saturated carbocycles. The van der Waals surface area contributed by atoms with Gasteiger partial charge < -0.3 is 9.64 Å². The van der Waals surface area contributed by atoms with Crippen molar-refractivity contribution in [1.82, 2.24) is 9.80 Å². The molecule has 140 valence electrons. The second-order valence-corrected chi connectivity index (χ2v) is 7.79. The van der Waals surface area contributed by atoms with Crippen molar-refractivity contribution in [2.45, 2.75) is 33.6 Å². The van der Waals surface area contributed by atoms with Crippen LogP contribution in [0.2, 0.25) is 0 Å². The molecule has 0 aromatic heterocycles. The van der Waals surface area contributed by atoms with Crippen molar-refractivity contribution in [2.75, 3.05) is 26.7 Å². The highest BCUT2D eigenvalue weighted by Gasteiger charge is 2.40. The number of piperidine rings is 1. The zero-order chi connectivity index (χ0) is 18.8. The Kier molecular flexibility index (Phi) is 5.35. The second-order valence-electron chi connectivity index (χ2n) is 7.79. The number of carbonyl (C=O) groups is 2. The van der Waals surface area contributed by atoms with Crippen molar-refractivity contribution in [2.24, 2.45) is 11.8 Å². The maximum Gasteiger partial charge on any atom is 0.277 e. The molecule has 1 aromatic carbocycles. The minimum Gasteiger partial charge on any atom is -0.493 e. The minimum atomic E-state index is -0.223. The van der Waals surface area contributed by atoms with Gasteiger partial charge in [-0.1, -0.05) is 32.9 Å². The molecule has 0 aliphatic carbocycles. The van der Waals surface area contributed by atoms with E-state index < -0.39 is 0 Å². The molecule has 0 radical (unpaired) electrons. The Morgan fingerprint density at radius 1 is 1.08 bits per heavy atom. The molecule has 3 rings (SSSR count). The molecule has 0 atom stereocenters. The van der Waals surface area contributed by atoms with Gasteiger partial charge in [-0.25, -0.2) is 0 Å². The fourth-order valence-corrected chi connectivity index (χ4v) is 3.39. The zero-order valence-corrected chi connectivity index (χ0v) is 16.1. The Balaban J connectivity index is 1.90. The fourth-order valence-electron chi connectivity index (χ4n) is 3.39. The molecule has 1 aromatic rings. The summed E-state index contributed by atoms with van der Waals surface area (Å²) >= 11 is 0. The van der Waals surface area contributed by atoms with Crippen LogP contribution in [0.1, 0.15) is 39.2 Å². The lowest BCUT2D eigenvalue weighted by Crippen LogP contribution is -2.37. The molecule has 5 heteroatoms. The van der Waals surface area contributed by atoms with Crippen LogP contribution in [0, 0.1) is 11.8 Å². The van der Waals surface area contributed by atoms with Crippen LogP contribution in [0.3, 0.4) is 0 Å². The molecule has 2 amide bonds. The third-order valence-corrected chi connectivity index (χ3v) is 5.09. The maximum absolute atomic E-state index is 12.7. The molecular formula is C21H28N2O3. The van der Waals surface area contributed by atoms with Crippen LogP contribution in [-0.4, -0.2) is 48.4 Å². The third kappa shape index (κ3) is 3.62. The highest BCUT2D eigenvalue weighted by Crippen LogP contribution is 2.33. The minimum absolute atomic E-state index is 0.195. The molecule has 2 aliphatic rings. The van der Waals surface area contributed by atoms with E-state index in [4.69, 9.17) is 4.74 Å². The summed E-state index contributed by atoms with van der Waals surface area (Å²) in [7, 11) is 1.56. The van der Waals surface area contributed by atoms with Crippen LogP contribution in [0.5, 0.6) is 5.75 Å². The largest absolute Gasteiger partial charge is 0.493 e. The summed E-state index contributed by atoms with van der Waals surface area (Å²) in [5.74, 6) is 1.48. The van der Waals surface area contributed by atoms with E-state index in [0.29, 0.717) is 29.7 Å². The van der Waals surface area contributed by atoms with Crippen molar-refractivity contribution in [1.29, 1.82) is 0 Å². The average Bonchev–Trinajstić information content (AvgIpc) is 2.85. The van der Waals surface area contributed by atoms with Gasteiger partial charge in [-0.05, 0) is 42.4 Å². The summed E-state index contributed by atoms with van der Waals surface area (Å²) in [6, 6.07) is 7.50. The molecule has 2 heterocycles. The van der Waals surface area contributed by atoms with E-state index in [-0.39, 0.29) is 11.8 Å². The van der Waals surface area contributed by atoms with Crippen LogP contribution in [0.25, 0.3) is 5.57 Å². The van der Waals surface area contributed by atoms with Crippen LogP contribution >= 0.6 is 0 Å². The van der Waals surface area contributed by atoms with Gasteiger partial charge in [0.2, 0.25) is 0 Å². The van der Waals surface area contributed by atoms with E-state index in [1.165, 1.54) is 4.90 Å². The number of likely N-dealkylation sites (N-methyl/N-ethyl adjacent to an activating group) is 1. The van der Waals surface area contributed by atoms with Crippen LogP contribution < -0.4 is 4.74 Å². The standard InChI is InChI=1S/C21H28N2O3/c1-14(2)13-26-17-7-5-16(6-8-17)18-19(21(25)22(4)20(18)24)23-11-9-15(3)10-12-23/h5-8,14-15H,9-13H2,1-4H3. The summed E-state index contributed by atoms with van der Waals surface area (Å²) in [6.45, 7) is 8.73. The molecule has 0 N–H and O–H groups in total. The van der Waals surface area contributed by atoms with Crippen molar-refractivity contribution < 1.29 is 14.3 Å². The van der Waals surface area contributed by atoms with Gasteiger partial charge in [0.15, 0.2) is 0 Å². The zero-order valence-electron chi connectivity index (χ0n) is 16.1. The van der Waals surface area contributed by atoms with E-state index in [0.717, 1.165) is 37.2 Å². The molecular weight excluding hydrogens is 328 g/mol. The van der Waals surface area contributed by atoms with Crippen molar-refractivity contribution in [3.8, 4) is 5.75 Å². The summed E-state index contributed by atoms with van der Waals surface area (Å²) in [5.41, 5.74) is 1.85. The highest BCUT2D eigenvalue weighted by molar-refractivity contribution is 6.35. The van der Waals surface area contributed by atoms with Crippen LogP contribution in [0.15, 0.2) is 30.0 Å². The molecule has 26 heavy (non-hydrogen) atoms. The van der Waals surface area contributed by atoms with Gasteiger partial charge in [-0.2, -0.15) is 0 Å². The SMILES string of the molecule is CC(C)COc1ccc(C2=C(N3CCC(C)CC3)C(=O)N(C)C2=O)cc1. The number of nitrogens with zero attached hydrogens (tertiary/aromatic N) is 2. The molecule has 0 spiro atoms. The number of amides is 2. The number of rotatable bonds is 5. The molecule has 1 fully saturated rings. The lowest BCUT2D eigenvalue weighted by atomic mass is 9.97. The quantitative estimate of drug-likeness (QED) is 0.761. The topological polar surface area (TPSA) is 49.9 Å². The first kappa shape index (κ1) is 18.5. The van der Waals surface area contributed by atoms with Gasteiger partial charge in [0, 0.05) is 20.1 Å². The van der Waals surface area contributed by atoms with Gasteiger partial charge in [-0.15, -0.1) is 0 Å². The van der Waals surface area contributed by atoms with Gasteiger partial charge in [0.25, 0.3) is 11.8 Å². The number of likely N-dealkylation sites (tertiary alicyclic amines) is 1. The third-order valence-electron chi connectivity index (χ3n) is 5.09. The summed E-state index contributed by atoms with van der Waals surface area (Å²) < 4.78 is 5.72. The molecule has 0 unspecified atom stereocenters. The molecule has 5 nitrogen and oxygen atoms in total. The number of hydrogen-bond acceptors (Lipinski definition) is 4. The smallest absolute Gasteiger partial charge is 0.277 e. The first-order valence-electron chi connectivity index (χ1n) is 9.43.